The molecule has 0 bridgehead atoms. The summed E-state index contributed by atoms with van der Waals surface area (Å²) in [7, 11) is -1.19. The van der Waals surface area contributed by atoms with E-state index in [0.29, 0.717) is 18.9 Å². The van der Waals surface area contributed by atoms with Crippen molar-refractivity contribution >= 4 is 51.1 Å². The number of hydrogen-bond donors (Lipinski definition) is 2. The van der Waals surface area contributed by atoms with E-state index in [0.717, 1.165) is 24.4 Å². The maximum absolute atomic E-state index is 11.0. The van der Waals surface area contributed by atoms with E-state index in [1.54, 1.807) is 18.4 Å². The van der Waals surface area contributed by atoms with Crippen LogP contribution >= 0.6 is 35.3 Å². The van der Waals surface area contributed by atoms with Crippen LogP contribution in [0.15, 0.2) is 11.2 Å². The van der Waals surface area contributed by atoms with Gasteiger partial charge in [0.25, 0.3) is 0 Å². The molecule has 0 aromatic carbocycles. The predicted molar refractivity (Wildman–Crippen MR) is 104 cm³/mol. The van der Waals surface area contributed by atoms with Crippen molar-refractivity contribution in [2.45, 2.75) is 26.2 Å². The second-order valence-corrected chi connectivity index (χ2v) is 8.19. The van der Waals surface area contributed by atoms with E-state index >= 15 is 0 Å². The molecule has 0 aliphatic carbocycles. The van der Waals surface area contributed by atoms with Gasteiger partial charge in [-0.05, 0) is 12.8 Å². The summed E-state index contributed by atoms with van der Waals surface area (Å²) in [5.74, 6) is 0.881. The Balaban J connectivity index is 0.00000441. The van der Waals surface area contributed by atoms with Crippen LogP contribution < -0.4 is 10.6 Å². The second-order valence-electron chi connectivity index (χ2n) is 4.73. The highest BCUT2D eigenvalue weighted by Gasteiger charge is 2.03. The van der Waals surface area contributed by atoms with E-state index in [4.69, 9.17) is 0 Å². The van der Waals surface area contributed by atoms with Crippen LogP contribution in [-0.4, -0.2) is 51.5 Å². The van der Waals surface area contributed by atoms with Crippen molar-refractivity contribution in [3.63, 3.8) is 0 Å². The van der Waals surface area contributed by atoms with Crippen LogP contribution in [-0.2, 0) is 22.7 Å². The lowest BCUT2D eigenvalue weighted by molar-refractivity contribution is 0.598. The third kappa shape index (κ3) is 9.57. The summed E-state index contributed by atoms with van der Waals surface area (Å²) in [6.45, 7) is 3.46. The molecule has 0 unspecified atom stereocenters. The number of aryl methyl sites for hydroxylation is 1. The molecule has 1 aromatic rings. The minimum atomic E-state index is -2.89. The van der Waals surface area contributed by atoms with Gasteiger partial charge in [-0.3, -0.25) is 4.99 Å². The summed E-state index contributed by atoms with van der Waals surface area (Å²) >= 11 is 1.74. The summed E-state index contributed by atoms with van der Waals surface area (Å²) in [4.78, 5) is 9.77. The Labute approximate surface area is 154 Å². The molecule has 1 aromatic heterocycles. The average molecular weight is 460 g/mol. The average Bonchev–Trinajstić information content (AvgIpc) is 2.88. The molecule has 9 heteroatoms. The van der Waals surface area contributed by atoms with Gasteiger partial charge in [0.15, 0.2) is 5.96 Å². The van der Waals surface area contributed by atoms with Crippen molar-refractivity contribution in [1.82, 2.24) is 15.6 Å². The lowest BCUT2D eigenvalue weighted by atomic mass is 10.4. The second kappa shape index (κ2) is 11.2. The fraction of sp³-hybridized carbons (Fsp3) is 0.692. The van der Waals surface area contributed by atoms with Gasteiger partial charge in [0, 0.05) is 43.9 Å². The first-order valence-electron chi connectivity index (χ1n) is 7.00. The van der Waals surface area contributed by atoms with Crippen molar-refractivity contribution in [2.24, 2.45) is 4.99 Å². The van der Waals surface area contributed by atoms with Gasteiger partial charge in [0.1, 0.15) is 9.84 Å². The molecule has 128 valence electrons. The van der Waals surface area contributed by atoms with Gasteiger partial charge in [-0.1, -0.05) is 6.92 Å². The maximum Gasteiger partial charge on any atom is 0.190 e. The molecule has 0 atom stereocenters. The van der Waals surface area contributed by atoms with E-state index < -0.39 is 9.84 Å². The molecule has 0 saturated heterocycles. The third-order valence-electron chi connectivity index (χ3n) is 2.79. The number of aliphatic imine (C=N–C) groups is 1. The smallest absolute Gasteiger partial charge is 0.190 e. The van der Waals surface area contributed by atoms with Gasteiger partial charge in [0.05, 0.1) is 10.8 Å². The fourth-order valence-corrected chi connectivity index (χ4v) is 3.21. The molecule has 0 aliphatic rings. The zero-order chi connectivity index (χ0) is 15.7. The summed E-state index contributed by atoms with van der Waals surface area (Å²) < 4.78 is 22.0. The van der Waals surface area contributed by atoms with Crippen LogP contribution in [0.25, 0.3) is 0 Å². The van der Waals surface area contributed by atoms with Gasteiger partial charge in [-0.25, -0.2) is 13.4 Å². The van der Waals surface area contributed by atoms with Crippen LogP contribution in [0.2, 0.25) is 0 Å². The Morgan fingerprint density at radius 1 is 1.36 bits per heavy atom. The molecule has 6 nitrogen and oxygen atoms in total. The molecule has 0 radical (unpaired) electrons. The summed E-state index contributed by atoms with van der Waals surface area (Å²) in [5.41, 5.74) is 0. The predicted octanol–water partition coefficient (Wildman–Crippen LogP) is 1.47. The molecule has 1 heterocycles. The highest BCUT2D eigenvalue weighted by molar-refractivity contribution is 14.0. The van der Waals surface area contributed by atoms with Crippen molar-refractivity contribution in [3.8, 4) is 0 Å². The number of hydrogen-bond acceptors (Lipinski definition) is 5. The number of aromatic nitrogens is 1. The molecular formula is C13H25IN4O2S2. The van der Waals surface area contributed by atoms with Crippen molar-refractivity contribution < 1.29 is 8.42 Å². The largest absolute Gasteiger partial charge is 0.356 e. The summed E-state index contributed by atoms with van der Waals surface area (Å²) in [6.07, 6.45) is 5.63. The molecular weight excluding hydrogens is 435 g/mol. The zero-order valence-electron chi connectivity index (χ0n) is 13.3. The van der Waals surface area contributed by atoms with Crippen LogP contribution in [0.3, 0.4) is 0 Å². The number of sulfone groups is 1. The van der Waals surface area contributed by atoms with Crippen molar-refractivity contribution in [2.75, 3.05) is 32.1 Å². The van der Waals surface area contributed by atoms with Crippen LogP contribution in [0.5, 0.6) is 0 Å². The van der Waals surface area contributed by atoms with E-state index in [9.17, 15) is 8.42 Å². The lowest BCUT2D eigenvalue weighted by Crippen LogP contribution is -2.39. The minimum absolute atomic E-state index is 0. The highest BCUT2D eigenvalue weighted by Crippen LogP contribution is 2.13. The molecule has 0 aliphatic heterocycles. The SMILES string of the molecule is CCc1cnc(CCNC(=NC)NCCCS(C)(=O)=O)s1.I. The van der Waals surface area contributed by atoms with Gasteiger partial charge >= 0.3 is 0 Å². The van der Waals surface area contributed by atoms with E-state index in [-0.39, 0.29) is 29.7 Å². The number of nitrogens with zero attached hydrogens (tertiary/aromatic N) is 2. The Kier molecular flexibility index (Phi) is 11.0. The quantitative estimate of drug-likeness (QED) is 0.266. The summed E-state index contributed by atoms with van der Waals surface area (Å²) in [6, 6.07) is 0. The first kappa shape index (κ1) is 21.6. The van der Waals surface area contributed by atoms with Gasteiger partial charge in [-0.15, -0.1) is 35.3 Å². The number of nitrogens with one attached hydrogen (secondary N) is 2. The van der Waals surface area contributed by atoms with Gasteiger partial charge < -0.3 is 10.6 Å². The molecule has 0 spiro atoms. The lowest BCUT2D eigenvalue weighted by Gasteiger charge is -2.10. The van der Waals surface area contributed by atoms with Crippen LogP contribution in [0, 0.1) is 0 Å². The fourth-order valence-electron chi connectivity index (χ4n) is 1.68. The molecule has 0 amide bonds. The van der Waals surface area contributed by atoms with Crippen LogP contribution in [0.1, 0.15) is 23.2 Å². The van der Waals surface area contributed by atoms with E-state index in [2.05, 4.69) is 27.5 Å². The van der Waals surface area contributed by atoms with Gasteiger partial charge in [0.2, 0.25) is 0 Å². The number of thiazole rings is 1. The summed E-state index contributed by atoms with van der Waals surface area (Å²) in [5, 5.41) is 7.42. The number of guanidine groups is 1. The molecule has 0 saturated carbocycles. The molecule has 2 N–H and O–H groups in total. The Morgan fingerprint density at radius 2 is 2.05 bits per heavy atom. The molecule has 0 fully saturated rings. The Morgan fingerprint density at radius 3 is 2.59 bits per heavy atom. The maximum atomic E-state index is 11.0. The molecule has 22 heavy (non-hydrogen) atoms. The topological polar surface area (TPSA) is 83.4 Å². The van der Waals surface area contributed by atoms with E-state index in [1.807, 2.05) is 6.20 Å². The molecule has 1 rings (SSSR count). The Bertz CT molecular complexity index is 558. The van der Waals surface area contributed by atoms with Gasteiger partial charge in [-0.2, -0.15) is 0 Å². The Hall–Kier alpha value is -0.420. The highest BCUT2D eigenvalue weighted by atomic mass is 127. The zero-order valence-corrected chi connectivity index (χ0v) is 17.2. The number of rotatable bonds is 8. The standard InChI is InChI=1S/C13H24N4O2S2.HI/c1-4-11-10-17-12(20-11)6-8-16-13(14-2)15-7-5-9-21(3,18)19;/h10H,4-9H2,1-3H3,(H2,14,15,16);1H. The minimum Gasteiger partial charge on any atom is -0.356 e. The first-order valence-corrected chi connectivity index (χ1v) is 9.88. The monoisotopic (exact) mass is 460 g/mol. The van der Waals surface area contributed by atoms with Crippen LogP contribution in [0.4, 0.5) is 0 Å². The normalized spacial score (nSPS) is 11.9. The third-order valence-corrected chi connectivity index (χ3v) is 5.02. The first-order chi connectivity index (χ1) is 9.94. The number of halogens is 1. The van der Waals surface area contributed by atoms with E-state index in [1.165, 1.54) is 11.1 Å². The van der Waals surface area contributed by atoms with Crippen molar-refractivity contribution in [1.29, 1.82) is 0 Å². The van der Waals surface area contributed by atoms with Crippen molar-refractivity contribution in [3.05, 3.63) is 16.1 Å².